The molecule has 0 bridgehead atoms. The zero-order valence-electron chi connectivity index (χ0n) is 7.63. The quantitative estimate of drug-likeness (QED) is 0.772. The summed E-state index contributed by atoms with van der Waals surface area (Å²) < 4.78 is 23.2. The van der Waals surface area contributed by atoms with Crippen LogP contribution in [0, 0.1) is 5.82 Å². The second kappa shape index (κ2) is 4.09. The maximum atomic E-state index is 13.4. The lowest BCUT2D eigenvalue weighted by atomic mass is 10.2. The Labute approximate surface area is 76.3 Å². The second-order valence-electron chi connectivity index (χ2n) is 2.48. The topological polar surface area (TPSA) is 44.5 Å². The zero-order chi connectivity index (χ0) is 9.84. The molecular formula is C9H12FNO2. The van der Waals surface area contributed by atoms with E-state index in [0.717, 1.165) is 0 Å². The van der Waals surface area contributed by atoms with Crippen LogP contribution < -0.4 is 15.2 Å². The van der Waals surface area contributed by atoms with Gasteiger partial charge in [0.25, 0.3) is 0 Å². The number of hydrogen-bond donors (Lipinski definition) is 1. The van der Waals surface area contributed by atoms with Gasteiger partial charge in [0.1, 0.15) is 0 Å². The summed E-state index contributed by atoms with van der Waals surface area (Å²) in [6, 6.07) is 3.21. The Balaban J connectivity index is 3.23. The third-order valence-corrected chi connectivity index (χ3v) is 1.78. The molecule has 72 valence electrons. The van der Waals surface area contributed by atoms with Crippen molar-refractivity contribution in [1.29, 1.82) is 0 Å². The van der Waals surface area contributed by atoms with Gasteiger partial charge in [-0.3, -0.25) is 0 Å². The van der Waals surface area contributed by atoms with Gasteiger partial charge in [-0.1, -0.05) is 6.07 Å². The smallest absolute Gasteiger partial charge is 0.197 e. The van der Waals surface area contributed by atoms with E-state index in [-0.39, 0.29) is 12.3 Å². The molecular weight excluding hydrogens is 173 g/mol. The highest BCUT2D eigenvalue weighted by Gasteiger charge is 2.13. The van der Waals surface area contributed by atoms with Crippen LogP contribution in [0.4, 0.5) is 4.39 Å². The van der Waals surface area contributed by atoms with Crippen molar-refractivity contribution in [2.75, 3.05) is 14.2 Å². The summed E-state index contributed by atoms with van der Waals surface area (Å²) in [6.07, 6.45) is 0. The normalized spacial score (nSPS) is 9.85. The molecule has 2 N–H and O–H groups in total. The van der Waals surface area contributed by atoms with Gasteiger partial charge in [0.2, 0.25) is 0 Å². The third-order valence-electron chi connectivity index (χ3n) is 1.78. The molecule has 0 aromatic heterocycles. The molecule has 0 amide bonds. The number of hydrogen-bond acceptors (Lipinski definition) is 3. The highest BCUT2D eigenvalue weighted by atomic mass is 19.1. The lowest BCUT2D eigenvalue weighted by Gasteiger charge is -2.10. The Hall–Kier alpha value is -1.29. The van der Waals surface area contributed by atoms with E-state index < -0.39 is 5.82 Å². The first-order valence-corrected chi connectivity index (χ1v) is 3.84. The van der Waals surface area contributed by atoms with Crippen molar-refractivity contribution in [3.63, 3.8) is 0 Å². The molecule has 0 heterocycles. The lowest BCUT2D eigenvalue weighted by Crippen LogP contribution is -2.02. The summed E-state index contributed by atoms with van der Waals surface area (Å²) >= 11 is 0. The van der Waals surface area contributed by atoms with Crippen molar-refractivity contribution in [2.24, 2.45) is 5.73 Å². The van der Waals surface area contributed by atoms with Gasteiger partial charge in [-0.15, -0.1) is 0 Å². The Kier molecular flexibility index (Phi) is 3.08. The molecule has 4 heteroatoms. The first-order valence-electron chi connectivity index (χ1n) is 3.84. The second-order valence-corrected chi connectivity index (χ2v) is 2.48. The summed E-state index contributed by atoms with van der Waals surface area (Å²) in [5, 5.41) is 0. The first kappa shape index (κ1) is 9.80. The molecule has 0 atom stereocenters. The number of halogens is 1. The van der Waals surface area contributed by atoms with Gasteiger partial charge in [-0.05, 0) is 6.07 Å². The minimum Gasteiger partial charge on any atom is -0.493 e. The standard InChI is InChI=1S/C9H12FNO2/c1-12-7-4-3-6(5-11)8(10)9(7)13-2/h3-4H,5,11H2,1-2H3. The van der Waals surface area contributed by atoms with Gasteiger partial charge in [0.15, 0.2) is 17.3 Å². The highest BCUT2D eigenvalue weighted by Crippen LogP contribution is 2.31. The van der Waals surface area contributed by atoms with E-state index in [4.69, 9.17) is 15.2 Å². The molecule has 1 aromatic carbocycles. The maximum absolute atomic E-state index is 13.4. The van der Waals surface area contributed by atoms with Gasteiger partial charge in [-0.2, -0.15) is 0 Å². The van der Waals surface area contributed by atoms with E-state index in [9.17, 15) is 4.39 Å². The lowest BCUT2D eigenvalue weighted by molar-refractivity contribution is 0.336. The van der Waals surface area contributed by atoms with E-state index in [1.54, 1.807) is 12.1 Å². The van der Waals surface area contributed by atoms with E-state index in [1.807, 2.05) is 0 Å². The van der Waals surface area contributed by atoms with Gasteiger partial charge < -0.3 is 15.2 Å². The molecule has 0 unspecified atom stereocenters. The average Bonchev–Trinajstić information content (AvgIpc) is 2.17. The van der Waals surface area contributed by atoms with Crippen LogP contribution in [-0.4, -0.2) is 14.2 Å². The van der Waals surface area contributed by atoms with Crippen LogP contribution in [-0.2, 0) is 6.54 Å². The molecule has 3 nitrogen and oxygen atoms in total. The maximum Gasteiger partial charge on any atom is 0.197 e. The molecule has 0 radical (unpaired) electrons. The molecule has 0 aliphatic heterocycles. The van der Waals surface area contributed by atoms with Crippen molar-refractivity contribution in [2.45, 2.75) is 6.54 Å². The van der Waals surface area contributed by atoms with Gasteiger partial charge in [0.05, 0.1) is 14.2 Å². The van der Waals surface area contributed by atoms with Crippen molar-refractivity contribution in [3.05, 3.63) is 23.5 Å². The van der Waals surface area contributed by atoms with E-state index in [0.29, 0.717) is 11.3 Å². The van der Waals surface area contributed by atoms with E-state index >= 15 is 0 Å². The molecule has 0 saturated heterocycles. The van der Waals surface area contributed by atoms with Crippen LogP contribution in [0.3, 0.4) is 0 Å². The zero-order valence-corrected chi connectivity index (χ0v) is 7.63. The summed E-state index contributed by atoms with van der Waals surface area (Å²) in [6.45, 7) is 0.145. The fourth-order valence-corrected chi connectivity index (χ4v) is 1.09. The molecule has 1 aromatic rings. The number of ether oxygens (including phenoxy) is 2. The van der Waals surface area contributed by atoms with E-state index in [2.05, 4.69) is 0 Å². The van der Waals surface area contributed by atoms with Crippen LogP contribution >= 0.6 is 0 Å². The van der Waals surface area contributed by atoms with Gasteiger partial charge >= 0.3 is 0 Å². The molecule has 0 spiro atoms. The summed E-state index contributed by atoms with van der Waals surface area (Å²) in [7, 11) is 2.85. The Bertz CT molecular complexity index is 302. The van der Waals surface area contributed by atoms with Crippen LogP contribution in [0.15, 0.2) is 12.1 Å². The van der Waals surface area contributed by atoms with Crippen molar-refractivity contribution in [1.82, 2.24) is 0 Å². The number of benzene rings is 1. The Morgan fingerprint density at radius 3 is 2.46 bits per heavy atom. The van der Waals surface area contributed by atoms with Crippen molar-refractivity contribution in [3.8, 4) is 11.5 Å². The van der Waals surface area contributed by atoms with Gasteiger partial charge in [0, 0.05) is 12.1 Å². The fourth-order valence-electron chi connectivity index (χ4n) is 1.09. The minimum absolute atomic E-state index is 0.102. The first-order chi connectivity index (χ1) is 6.24. The molecule has 13 heavy (non-hydrogen) atoms. The molecule has 0 saturated carbocycles. The molecule has 1 rings (SSSR count). The van der Waals surface area contributed by atoms with Gasteiger partial charge in [-0.25, -0.2) is 4.39 Å². The minimum atomic E-state index is -0.454. The third kappa shape index (κ3) is 1.72. The summed E-state index contributed by atoms with van der Waals surface area (Å²) in [4.78, 5) is 0. The van der Waals surface area contributed by atoms with Crippen LogP contribution in [0.5, 0.6) is 11.5 Å². The SMILES string of the molecule is COc1ccc(CN)c(F)c1OC. The van der Waals surface area contributed by atoms with Crippen molar-refractivity contribution >= 4 is 0 Å². The number of methoxy groups -OCH3 is 2. The number of rotatable bonds is 3. The van der Waals surface area contributed by atoms with Crippen LogP contribution in [0.25, 0.3) is 0 Å². The molecule has 0 aliphatic carbocycles. The average molecular weight is 185 g/mol. The summed E-state index contributed by atoms with van der Waals surface area (Å²) in [5.74, 6) is 0.0204. The Morgan fingerprint density at radius 1 is 1.31 bits per heavy atom. The predicted octanol–water partition coefficient (Wildman–Crippen LogP) is 1.30. The van der Waals surface area contributed by atoms with Crippen LogP contribution in [0.1, 0.15) is 5.56 Å². The monoisotopic (exact) mass is 185 g/mol. The van der Waals surface area contributed by atoms with Crippen LogP contribution in [0.2, 0.25) is 0 Å². The fraction of sp³-hybridized carbons (Fsp3) is 0.333. The molecule has 0 fully saturated rings. The number of nitrogens with two attached hydrogens (primary N) is 1. The van der Waals surface area contributed by atoms with E-state index in [1.165, 1.54) is 14.2 Å². The Morgan fingerprint density at radius 2 is 2.00 bits per heavy atom. The highest BCUT2D eigenvalue weighted by molar-refractivity contribution is 5.44. The summed E-state index contributed by atoms with van der Waals surface area (Å²) in [5.41, 5.74) is 5.74. The predicted molar refractivity (Wildman–Crippen MR) is 47.4 cm³/mol. The largest absolute Gasteiger partial charge is 0.493 e. The van der Waals surface area contributed by atoms with Crippen molar-refractivity contribution < 1.29 is 13.9 Å². The molecule has 0 aliphatic rings.